The number of ether oxygens (including phenoxy) is 2. The highest BCUT2D eigenvalue weighted by molar-refractivity contribution is 5.34. The van der Waals surface area contributed by atoms with E-state index < -0.39 is 0 Å². The number of benzene rings is 1. The van der Waals surface area contributed by atoms with Gasteiger partial charge >= 0.3 is 0 Å². The van der Waals surface area contributed by atoms with E-state index in [1.807, 2.05) is 30.3 Å². The van der Waals surface area contributed by atoms with Crippen molar-refractivity contribution < 1.29 is 9.47 Å². The Balaban J connectivity index is 2.09. The molecule has 2 rings (SSSR count). The lowest BCUT2D eigenvalue weighted by Gasteiger charge is -2.08. The second kappa shape index (κ2) is 5.69. The van der Waals surface area contributed by atoms with Gasteiger partial charge in [0, 0.05) is 17.8 Å². The SMILES string of the molecule is COc1cccc(OCc2cccnc2C#N)c1. The monoisotopic (exact) mass is 240 g/mol. The van der Waals surface area contributed by atoms with Crippen molar-refractivity contribution in [3.63, 3.8) is 0 Å². The van der Waals surface area contributed by atoms with Gasteiger partial charge in [0.2, 0.25) is 0 Å². The molecule has 0 saturated carbocycles. The Bertz CT molecular complexity index is 576. The van der Waals surface area contributed by atoms with Gasteiger partial charge in [-0.1, -0.05) is 12.1 Å². The fraction of sp³-hybridized carbons (Fsp3) is 0.143. The second-order valence-corrected chi connectivity index (χ2v) is 3.59. The first-order valence-electron chi connectivity index (χ1n) is 5.44. The molecule has 0 aliphatic carbocycles. The van der Waals surface area contributed by atoms with Gasteiger partial charge in [-0.15, -0.1) is 0 Å². The molecule has 4 heteroatoms. The minimum atomic E-state index is 0.309. The third-order valence-corrected chi connectivity index (χ3v) is 2.43. The summed E-state index contributed by atoms with van der Waals surface area (Å²) >= 11 is 0. The molecule has 4 nitrogen and oxygen atoms in total. The maximum absolute atomic E-state index is 8.91. The van der Waals surface area contributed by atoms with Crippen LogP contribution in [0.5, 0.6) is 11.5 Å². The number of hydrogen-bond acceptors (Lipinski definition) is 4. The Morgan fingerprint density at radius 3 is 2.83 bits per heavy atom. The number of rotatable bonds is 4. The lowest BCUT2D eigenvalue weighted by molar-refractivity contribution is 0.303. The van der Waals surface area contributed by atoms with Crippen molar-refractivity contribution in [1.82, 2.24) is 4.98 Å². The van der Waals surface area contributed by atoms with Gasteiger partial charge in [0.15, 0.2) is 0 Å². The van der Waals surface area contributed by atoms with E-state index in [0.717, 1.165) is 11.3 Å². The summed E-state index contributed by atoms with van der Waals surface area (Å²) in [4.78, 5) is 3.98. The normalized spacial score (nSPS) is 9.56. The molecule has 0 N–H and O–H groups in total. The first kappa shape index (κ1) is 11.9. The Morgan fingerprint density at radius 1 is 1.22 bits per heavy atom. The Hall–Kier alpha value is -2.54. The quantitative estimate of drug-likeness (QED) is 0.824. The first-order chi connectivity index (χ1) is 8.83. The van der Waals surface area contributed by atoms with Gasteiger partial charge in [0.1, 0.15) is 29.9 Å². The van der Waals surface area contributed by atoms with E-state index in [-0.39, 0.29) is 0 Å². The Labute approximate surface area is 105 Å². The van der Waals surface area contributed by atoms with Gasteiger partial charge in [-0.3, -0.25) is 0 Å². The molecule has 2 aromatic rings. The van der Waals surface area contributed by atoms with Gasteiger partial charge in [0.25, 0.3) is 0 Å². The van der Waals surface area contributed by atoms with Gasteiger partial charge in [-0.2, -0.15) is 5.26 Å². The van der Waals surface area contributed by atoms with Gasteiger partial charge < -0.3 is 9.47 Å². The van der Waals surface area contributed by atoms with E-state index in [4.69, 9.17) is 14.7 Å². The summed E-state index contributed by atoms with van der Waals surface area (Å²) in [6, 6.07) is 13.0. The molecule has 0 aliphatic rings. The molecule has 18 heavy (non-hydrogen) atoms. The fourth-order valence-corrected chi connectivity index (χ4v) is 1.51. The molecule has 0 bridgehead atoms. The topological polar surface area (TPSA) is 55.1 Å². The van der Waals surface area contributed by atoms with E-state index in [2.05, 4.69) is 4.98 Å². The van der Waals surface area contributed by atoms with Crippen molar-refractivity contribution in [2.24, 2.45) is 0 Å². The van der Waals surface area contributed by atoms with Gasteiger partial charge in [0.05, 0.1) is 7.11 Å². The van der Waals surface area contributed by atoms with Crippen LogP contribution < -0.4 is 9.47 Å². The number of hydrogen-bond donors (Lipinski definition) is 0. The van der Waals surface area contributed by atoms with Crippen LogP contribution in [0, 0.1) is 11.3 Å². The molecule has 0 aliphatic heterocycles. The smallest absolute Gasteiger partial charge is 0.147 e. The summed E-state index contributed by atoms with van der Waals surface area (Å²) in [6.07, 6.45) is 1.59. The van der Waals surface area contributed by atoms with Crippen LogP contribution in [0.2, 0.25) is 0 Å². The van der Waals surface area contributed by atoms with E-state index in [0.29, 0.717) is 18.1 Å². The van der Waals surface area contributed by atoms with Crippen LogP contribution in [0.25, 0.3) is 0 Å². The maximum Gasteiger partial charge on any atom is 0.147 e. The van der Waals surface area contributed by atoms with Gasteiger partial charge in [-0.25, -0.2) is 4.98 Å². The molecule has 90 valence electrons. The minimum Gasteiger partial charge on any atom is -0.497 e. The van der Waals surface area contributed by atoms with Crippen LogP contribution in [0.15, 0.2) is 42.6 Å². The predicted octanol–water partition coefficient (Wildman–Crippen LogP) is 2.54. The Morgan fingerprint density at radius 2 is 2.06 bits per heavy atom. The predicted molar refractivity (Wildman–Crippen MR) is 66.3 cm³/mol. The number of nitrogens with zero attached hydrogens (tertiary/aromatic N) is 2. The average Bonchev–Trinajstić information content (AvgIpc) is 2.45. The van der Waals surface area contributed by atoms with Crippen molar-refractivity contribution in [3.8, 4) is 17.6 Å². The summed E-state index contributed by atoms with van der Waals surface area (Å²) in [5.74, 6) is 1.43. The molecular weight excluding hydrogens is 228 g/mol. The number of aromatic nitrogens is 1. The Kier molecular flexibility index (Phi) is 3.77. The van der Waals surface area contributed by atoms with E-state index in [1.165, 1.54) is 0 Å². The van der Waals surface area contributed by atoms with Crippen molar-refractivity contribution in [1.29, 1.82) is 5.26 Å². The highest BCUT2D eigenvalue weighted by Crippen LogP contribution is 2.20. The molecule has 0 fully saturated rings. The molecule has 0 amide bonds. The van der Waals surface area contributed by atoms with Crippen molar-refractivity contribution >= 4 is 0 Å². The summed E-state index contributed by atoms with van der Waals surface area (Å²) < 4.78 is 10.7. The molecule has 0 unspecified atom stereocenters. The van der Waals surface area contributed by atoms with Gasteiger partial charge in [-0.05, 0) is 18.2 Å². The zero-order valence-electron chi connectivity index (χ0n) is 9.96. The lowest BCUT2D eigenvalue weighted by atomic mass is 10.2. The molecule has 1 heterocycles. The number of nitriles is 1. The van der Waals surface area contributed by atoms with E-state index in [1.54, 1.807) is 25.4 Å². The average molecular weight is 240 g/mol. The van der Waals surface area contributed by atoms with Crippen molar-refractivity contribution in [2.75, 3.05) is 7.11 Å². The lowest BCUT2D eigenvalue weighted by Crippen LogP contribution is -1.99. The van der Waals surface area contributed by atoms with Crippen LogP contribution in [0.1, 0.15) is 11.3 Å². The summed E-state index contributed by atoms with van der Waals surface area (Å²) in [5.41, 5.74) is 1.16. The van der Waals surface area contributed by atoms with Crippen LogP contribution in [-0.4, -0.2) is 12.1 Å². The summed E-state index contributed by atoms with van der Waals surface area (Å²) in [5, 5.41) is 8.91. The standard InChI is InChI=1S/C14H12N2O2/c1-17-12-5-2-6-13(8-12)18-10-11-4-3-7-16-14(11)9-15/h2-8H,10H2,1H3. The highest BCUT2D eigenvalue weighted by Gasteiger charge is 2.03. The maximum atomic E-state index is 8.91. The third kappa shape index (κ3) is 2.77. The molecule has 0 saturated heterocycles. The van der Waals surface area contributed by atoms with Crippen LogP contribution in [0.3, 0.4) is 0 Å². The molecule has 0 radical (unpaired) electrons. The summed E-state index contributed by atoms with van der Waals surface area (Å²) in [6.45, 7) is 0.309. The molecule has 1 aromatic heterocycles. The van der Waals surface area contributed by atoms with Crippen LogP contribution >= 0.6 is 0 Å². The minimum absolute atomic E-state index is 0.309. The van der Waals surface area contributed by atoms with Crippen LogP contribution in [-0.2, 0) is 6.61 Å². The number of methoxy groups -OCH3 is 1. The molecular formula is C14H12N2O2. The third-order valence-electron chi connectivity index (χ3n) is 2.43. The van der Waals surface area contributed by atoms with Crippen molar-refractivity contribution in [2.45, 2.75) is 6.61 Å². The largest absolute Gasteiger partial charge is 0.497 e. The molecule has 0 atom stereocenters. The van der Waals surface area contributed by atoms with Crippen LogP contribution in [0.4, 0.5) is 0 Å². The highest BCUT2D eigenvalue weighted by atomic mass is 16.5. The van der Waals surface area contributed by atoms with Crippen molar-refractivity contribution in [3.05, 3.63) is 53.9 Å². The molecule has 1 aromatic carbocycles. The second-order valence-electron chi connectivity index (χ2n) is 3.59. The zero-order chi connectivity index (χ0) is 12.8. The number of pyridine rings is 1. The first-order valence-corrected chi connectivity index (χ1v) is 5.44. The van der Waals surface area contributed by atoms with E-state index >= 15 is 0 Å². The zero-order valence-corrected chi connectivity index (χ0v) is 9.96. The molecule has 0 spiro atoms. The van der Waals surface area contributed by atoms with E-state index in [9.17, 15) is 0 Å². The summed E-state index contributed by atoms with van der Waals surface area (Å²) in [7, 11) is 1.61. The fourth-order valence-electron chi connectivity index (χ4n) is 1.51.